The molecule has 6 heteroatoms. The normalized spacial score (nSPS) is 21.4. The van der Waals surface area contributed by atoms with Crippen molar-refractivity contribution < 1.29 is 28.5 Å². The Balaban J connectivity index is 1.66. The van der Waals surface area contributed by atoms with Gasteiger partial charge in [-0.1, -0.05) is 30.3 Å². The Labute approximate surface area is 147 Å². The second kappa shape index (κ2) is 7.14. The Hall–Kier alpha value is -1.92. The number of ether oxygens (including phenoxy) is 4. The van der Waals surface area contributed by atoms with Gasteiger partial charge in [0.05, 0.1) is 26.4 Å². The van der Waals surface area contributed by atoms with Crippen molar-refractivity contribution in [1.29, 1.82) is 0 Å². The molecule has 0 N–H and O–H groups in total. The van der Waals surface area contributed by atoms with E-state index in [-0.39, 0.29) is 18.6 Å². The number of hydrogen-bond acceptors (Lipinski definition) is 6. The first kappa shape index (κ1) is 17.9. The van der Waals surface area contributed by atoms with E-state index in [0.29, 0.717) is 26.1 Å². The smallest absolute Gasteiger partial charge is 0.323 e. The molecule has 1 aliphatic heterocycles. The van der Waals surface area contributed by atoms with Crippen LogP contribution in [0.4, 0.5) is 0 Å². The molecular weight excluding hydrogens is 324 g/mol. The highest BCUT2D eigenvalue weighted by Crippen LogP contribution is 2.58. The predicted octanol–water partition coefficient (Wildman–Crippen LogP) is 2.62. The van der Waals surface area contributed by atoms with E-state index in [2.05, 4.69) is 0 Å². The Bertz CT molecular complexity index is 590. The van der Waals surface area contributed by atoms with Gasteiger partial charge in [-0.3, -0.25) is 9.59 Å². The molecule has 3 rings (SSSR count). The zero-order valence-electron chi connectivity index (χ0n) is 14.7. The maximum absolute atomic E-state index is 12.4. The highest BCUT2D eigenvalue weighted by Gasteiger charge is 2.66. The fourth-order valence-electron chi connectivity index (χ4n) is 3.74. The van der Waals surface area contributed by atoms with Gasteiger partial charge in [0.1, 0.15) is 0 Å². The summed E-state index contributed by atoms with van der Waals surface area (Å²) in [5.41, 5.74) is -0.609. The second-order valence-electron chi connectivity index (χ2n) is 6.74. The summed E-state index contributed by atoms with van der Waals surface area (Å²) in [5, 5.41) is 0. The lowest BCUT2D eigenvalue weighted by Gasteiger charge is -2.54. The molecule has 0 atom stereocenters. The van der Waals surface area contributed by atoms with Crippen LogP contribution in [-0.2, 0) is 28.5 Å². The average molecular weight is 348 g/mol. The van der Waals surface area contributed by atoms with E-state index in [0.717, 1.165) is 5.56 Å². The first-order valence-electron chi connectivity index (χ1n) is 8.68. The van der Waals surface area contributed by atoms with Gasteiger partial charge in [-0.2, -0.15) is 0 Å². The van der Waals surface area contributed by atoms with Crippen LogP contribution in [0.1, 0.15) is 38.5 Å². The van der Waals surface area contributed by atoms with E-state index >= 15 is 0 Å². The lowest BCUT2D eigenvalue weighted by atomic mass is 9.53. The Morgan fingerprint density at radius 2 is 1.52 bits per heavy atom. The van der Waals surface area contributed by atoms with E-state index < -0.39 is 23.6 Å². The van der Waals surface area contributed by atoms with E-state index in [1.807, 2.05) is 30.3 Å². The zero-order valence-corrected chi connectivity index (χ0v) is 14.7. The van der Waals surface area contributed by atoms with Crippen molar-refractivity contribution in [3.63, 3.8) is 0 Å². The number of hydrogen-bond donors (Lipinski definition) is 0. The molecule has 1 aliphatic carbocycles. The average Bonchev–Trinajstić information content (AvgIpc) is 2.60. The van der Waals surface area contributed by atoms with Crippen molar-refractivity contribution in [3.8, 4) is 0 Å². The van der Waals surface area contributed by atoms with Gasteiger partial charge in [-0.15, -0.1) is 0 Å². The minimum atomic E-state index is -1.22. The fraction of sp³-hybridized carbons (Fsp3) is 0.579. The molecule has 1 saturated heterocycles. The molecular formula is C19H24O6. The summed E-state index contributed by atoms with van der Waals surface area (Å²) in [5.74, 6) is -1.02. The highest BCUT2D eigenvalue weighted by atomic mass is 16.7. The molecule has 0 aromatic heterocycles. The predicted molar refractivity (Wildman–Crippen MR) is 88.5 cm³/mol. The Morgan fingerprint density at radius 1 is 1.00 bits per heavy atom. The Kier molecular flexibility index (Phi) is 5.11. The monoisotopic (exact) mass is 348 g/mol. The van der Waals surface area contributed by atoms with Gasteiger partial charge in [-0.05, 0) is 26.7 Å². The molecule has 136 valence electrons. The number of carbonyl (C=O) groups excluding carboxylic acids is 2. The van der Waals surface area contributed by atoms with Gasteiger partial charge in [0.25, 0.3) is 0 Å². The summed E-state index contributed by atoms with van der Waals surface area (Å²) in [6.07, 6.45) is 0.255. The molecule has 1 aromatic carbocycles. The fourth-order valence-corrected chi connectivity index (χ4v) is 3.74. The minimum absolute atomic E-state index is 0.232. The standard InChI is InChI=1S/C19H24O6/c1-3-22-16(20)19(17(21)23-4-2)10-18(11-19)12-24-15(25-13-18)14-8-6-5-7-9-14/h5-9,15H,3-4,10-13H2,1-2H3. The number of benzene rings is 1. The molecule has 1 heterocycles. The summed E-state index contributed by atoms with van der Waals surface area (Å²) in [4.78, 5) is 24.7. The summed E-state index contributed by atoms with van der Waals surface area (Å²) in [7, 11) is 0. The maximum atomic E-state index is 12.4. The first-order chi connectivity index (χ1) is 12.1. The van der Waals surface area contributed by atoms with Crippen LogP contribution in [0.2, 0.25) is 0 Å². The van der Waals surface area contributed by atoms with Crippen LogP contribution in [0.5, 0.6) is 0 Å². The van der Waals surface area contributed by atoms with E-state index in [9.17, 15) is 9.59 Å². The third-order valence-electron chi connectivity index (χ3n) is 4.84. The zero-order chi connectivity index (χ0) is 17.9. The minimum Gasteiger partial charge on any atom is -0.465 e. The topological polar surface area (TPSA) is 71.1 Å². The van der Waals surface area contributed by atoms with Crippen molar-refractivity contribution in [1.82, 2.24) is 0 Å². The molecule has 1 aromatic rings. The quantitative estimate of drug-likeness (QED) is 0.602. The third kappa shape index (κ3) is 3.28. The van der Waals surface area contributed by atoms with Gasteiger partial charge in [0, 0.05) is 11.0 Å². The van der Waals surface area contributed by atoms with Crippen LogP contribution < -0.4 is 0 Å². The SMILES string of the molecule is CCOC(=O)C1(C(=O)OCC)CC2(COC(c3ccccc3)OC2)C1. The Morgan fingerprint density at radius 3 is 2.00 bits per heavy atom. The molecule has 2 fully saturated rings. The molecule has 1 saturated carbocycles. The van der Waals surface area contributed by atoms with Crippen molar-refractivity contribution in [2.75, 3.05) is 26.4 Å². The molecule has 0 amide bonds. The van der Waals surface area contributed by atoms with E-state index in [1.54, 1.807) is 13.8 Å². The van der Waals surface area contributed by atoms with Crippen molar-refractivity contribution in [2.45, 2.75) is 33.0 Å². The largest absolute Gasteiger partial charge is 0.465 e. The second-order valence-corrected chi connectivity index (χ2v) is 6.74. The lowest BCUT2D eigenvalue weighted by molar-refractivity contribution is -0.272. The van der Waals surface area contributed by atoms with E-state index in [1.165, 1.54) is 0 Å². The van der Waals surface area contributed by atoms with Crippen LogP contribution in [0.25, 0.3) is 0 Å². The molecule has 1 spiro atoms. The summed E-state index contributed by atoms with van der Waals surface area (Å²) >= 11 is 0. The van der Waals surface area contributed by atoms with E-state index in [4.69, 9.17) is 18.9 Å². The highest BCUT2D eigenvalue weighted by molar-refractivity contribution is 6.01. The maximum Gasteiger partial charge on any atom is 0.323 e. The van der Waals surface area contributed by atoms with Gasteiger partial charge in [-0.25, -0.2) is 0 Å². The van der Waals surface area contributed by atoms with Crippen LogP contribution >= 0.6 is 0 Å². The molecule has 0 radical (unpaired) electrons. The molecule has 0 bridgehead atoms. The summed E-state index contributed by atoms with van der Waals surface area (Å²) in [6, 6.07) is 9.70. The molecule has 6 nitrogen and oxygen atoms in total. The molecule has 2 aliphatic rings. The van der Waals surface area contributed by atoms with Crippen molar-refractivity contribution in [2.24, 2.45) is 10.8 Å². The summed E-state index contributed by atoms with van der Waals surface area (Å²) in [6.45, 7) is 4.79. The van der Waals surface area contributed by atoms with Crippen LogP contribution in [0, 0.1) is 10.8 Å². The summed E-state index contributed by atoms with van der Waals surface area (Å²) < 4.78 is 22.0. The molecule has 0 unspecified atom stereocenters. The lowest BCUT2D eigenvalue weighted by Crippen LogP contribution is -2.61. The van der Waals surface area contributed by atoms with Crippen LogP contribution in [0.3, 0.4) is 0 Å². The van der Waals surface area contributed by atoms with Crippen molar-refractivity contribution >= 4 is 11.9 Å². The van der Waals surface area contributed by atoms with Gasteiger partial charge in [0.15, 0.2) is 11.7 Å². The first-order valence-corrected chi connectivity index (χ1v) is 8.68. The molecule has 25 heavy (non-hydrogen) atoms. The van der Waals surface area contributed by atoms with Crippen LogP contribution in [-0.4, -0.2) is 38.4 Å². The number of rotatable bonds is 5. The number of esters is 2. The van der Waals surface area contributed by atoms with Crippen LogP contribution in [0.15, 0.2) is 30.3 Å². The third-order valence-corrected chi connectivity index (χ3v) is 4.84. The number of carbonyl (C=O) groups is 2. The van der Waals surface area contributed by atoms with Gasteiger partial charge < -0.3 is 18.9 Å². The van der Waals surface area contributed by atoms with Gasteiger partial charge >= 0.3 is 11.9 Å². The van der Waals surface area contributed by atoms with Crippen molar-refractivity contribution in [3.05, 3.63) is 35.9 Å². The van der Waals surface area contributed by atoms with Gasteiger partial charge in [0.2, 0.25) is 0 Å².